The van der Waals surface area contributed by atoms with E-state index in [1.807, 2.05) is 13.8 Å². The van der Waals surface area contributed by atoms with Gasteiger partial charge in [-0.05, 0) is 23.7 Å². The van der Waals surface area contributed by atoms with E-state index >= 15 is 0 Å². The quantitative estimate of drug-likeness (QED) is 0.630. The Hall–Kier alpha value is 0.650. The predicted octanol–water partition coefficient (Wildman–Crippen LogP) is 1.98. The molecule has 0 aliphatic heterocycles. The second kappa shape index (κ2) is 5.66. The molecule has 0 radical (unpaired) electrons. The maximum Gasteiger partial charge on any atom is 0.477 e. The molecule has 0 saturated heterocycles. The lowest BCUT2D eigenvalue weighted by molar-refractivity contribution is 0.270. The molecule has 0 rings (SSSR count). The van der Waals surface area contributed by atoms with Crippen molar-refractivity contribution in [3.8, 4) is 0 Å². The van der Waals surface area contributed by atoms with Gasteiger partial charge in [-0.1, -0.05) is 13.8 Å². The standard InChI is InChI=1S/C5H14O6P2S/c1-5(2)3-4-14-13(9,10)11-12(6,7)8/h5H,3-4H2,1-2H3,(H,9,10)(H2,6,7,8). The van der Waals surface area contributed by atoms with E-state index < -0.39 is 14.6 Å². The monoisotopic (exact) mass is 264 g/mol. The summed E-state index contributed by atoms with van der Waals surface area (Å²) in [5.74, 6) is 0.684. The van der Waals surface area contributed by atoms with Crippen molar-refractivity contribution in [3.63, 3.8) is 0 Å². The molecule has 0 spiro atoms. The average molecular weight is 264 g/mol. The van der Waals surface area contributed by atoms with E-state index in [1.54, 1.807) is 0 Å². The molecule has 3 N–H and O–H groups in total. The smallest absolute Gasteiger partial charge is 0.316 e. The summed E-state index contributed by atoms with van der Waals surface area (Å²) in [6.07, 6.45) is 0.680. The first kappa shape index (κ1) is 14.6. The van der Waals surface area contributed by atoms with Crippen LogP contribution in [0.2, 0.25) is 0 Å². The van der Waals surface area contributed by atoms with Gasteiger partial charge < -0.3 is 14.7 Å². The van der Waals surface area contributed by atoms with Crippen molar-refractivity contribution in [2.45, 2.75) is 20.3 Å². The maximum atomic E-state index is 11.0. The number of phosphoric acid groups is 1. The highest BCUT2D eigenvalue weighted by atomic mass is 32.7. The summed E-state index contributed by atoms with van der Waals surface area (Å²) in [5.41, 5.74) is 0. The molecule has 0 aromatic carbocycles. The summed E-state index contributed by atoms with van der Waals surface area (Å²) in [5, 5.41) is 0. The zero-order valence-electron chi connectivity index (χ0n) is 7.86. The van der Waals surface area contributed by atoms with Crippen LogP contribution in [-0.2, 0) is 13.4 Å². The van der Waals surface area contributed by atoms with Gasteiger partial charge in [-0.2, -0.15) is 4.31 Å². The molecule has 14 heavy (non-hydrogen) atoms. The van der Waals surface area contributed by atoms with Crippen molar-refractivity contribution in [1.82, 2.24) is 0 Å². The van der Waals surface area contributed by atoms with Crippen molar-refractivity contribution >= 4 is 26.0 Å². The average Bonchev–Trinajstić information content (AvgIpc) is 1.78. The molecule has 0 aromatic heterocycles. The summed E-state index contributed by atoms with van der Waals surface area (Å²) < 4.78 is 25.0. The molecule has 0 bridgehead atoms. The highest BCUT2D eigenvalue weighted by molar-refractivity contribution is 8.55. The highest BCUT2D eigenvalue weighted by Crippen LogP contribution is 2.65. The third-order valence-electron chi connectivity index (χ3n) is 1.16. The van der Waals surface area contributed by atoms with Crippen LogP contribution in [0.25, 0.3) is 0 Å². The fraction of sp³-hybridized carbons (Fsp3) is 1.00. The lowest BCUT2D eigenvalue weighted by Crippen LogP contribution is -1.91. The van der Waals surface area contributed by atoms with Gasteiger partial charge >= 0.3 is 14.6 Å². The first-order valence-electron chi connectivity index (χ1n) is 3.86. The minimum absolute atomic E-state index is 0.325. The minimum atomic E-state index is -4.89. The predicted molar refractivity (Wildman–Crippen MR) is 54.9 cm³/mol. The fourth-order valence-corrected chi connectivity index (χ4v) is 4.85. The van der Waals surface area contributed by atoms with Gasteiger partial charge in [-0.25, -0.2) is 9.13 Å². The molecule has 0 amide bonds. The number of rotatable bonds is 6. The highest BCUT2D eigenvalue weighted by Gasteiger charge is 2.30. The Labute approximate surface area is 86.6 Å². The molecule has 1 unspecified atom stereocenters. The van der Waals surface area contributed by atoms with E-state index in [-0.39, 0.29) is 0 Å². The molecule has 9 heteroatoms. The lowest BCUT2D eigenvalue weighted by Gasteiger charge is -2.11. The van der Waals surface area contributed by atoms with Gasteiger partial charge in [0.15, 0.2) is 0 Å². The van der Waals surface area contributed by atoms with E-state index in [1.165, 1.54) is 0 Å². The van der Waals surface area contributed by atoms with Crippen LogP contribution in [0, 0.1) is 5.92 Å². The summed E-state index contributed by atoms with van der Waals surface area (Å²) in [6, 6.07) is 0. The zero-order valence-corrected chi connectivity index (χ0v) is 10.5. The van der Waals surface area contributed by atoms with E-state index in [0.29, 0.717) is 29.5 Å². The van der Waals surface area contributed by atoms with Crippen molar-refractivity contribution < 1.29 is 28.1 Å². The molecule has 0 aliphatic rings. The first-order valence-corrected chi connectivity index (χ1v) is 8.56. The summed E-state index contributed by atoms with van der Waals surface area (Å²) >= 11 is 0.531. The van der Waals surface area contributed by atoms with E-state index in [9.17, 15) is 9.13 Å². The van der Waals surface area contributed by atoms with E-state index in [2.05, 4.69) is 4.31 Å². The van der Waals surface area contributed by atoms with Gasteiger partial charge in [0, 0.05) is 5.75 Å². The summed E-state index contributed by atoms with van der Waals surface area (Å²) in [4.78, 5) is 25.6. The maximum absolute atomic E-state index is 11.0. The molecule has 0 aromatic rings. The molecule has 1 atom stereocenters. The van der Waals surface area contributed by atoms with Crippen molar-refractivity contribution in [2.24, 2.45) is 5.92 Å². The Kier molecular flexibility index (Phi) is 5.92. The van der Waals surface area contributed by atoms with Gasteiger partial charge in [0.2, 0.25) is 0 Å². The van der Waals surface area contributed by atoms with Gasteiger partial charge in [0.1, 0.15) is 0 Å². The Morgan fingerprint density at radius 1 is 1.29 bits per heavy atom. The molecule has 0 aliphatic carbocycles. The van der Waals surface area contributed by atoms with Crippen LogP contribution in [0.1, 0.15) is 20.3 Å². The first-order chi connectivity index (χ1) is 6.12. The molecule has 6 nitrogen and oxygen atoms in total. The Morgan fingerprint density at radius 2 is 1.79 bits per heavy atom. The van der Waals surface area contributed by atoms with Gasteiger partial charge in [-0.3, -0.25) is 0 Å². The molecular weight excluding hydrogens is 250 g/mol. The van der Waals surface area contributed by atoms with Crippen LogP contribution in [0.3, 0.4) is 0 Å². The van der Waals surface area contributed by atoms with Gasteiger partial charge in [0.25, 0.3) is 0 Å². The Balaban J connectivity index is 3.97. The Morgan fingerprint density at radius 3 is 2.14 bits per heavy atom. The minimum Gasteiger partial charge on any atom is -0.316 e. The molecular formula is C5H14O6P2S. The third-order valence-corrected chi connectivity index (χ3v) is 5.71. The van der Waals surface area contributed by atoms with Crippen molar-refractivity contribution in [3.05, 3.63) is 0 Å². The lowest BCUT2D eigenvalue weighted by atomic mass is 10.2. The largest absolute Gasteiger partial charge is 0.477 e. The number of hydrogen-bond donors (Lipinski definition) is 3. The Bertz CT molecular complexity index is 261. The van der Waals surface area contributed by atoms with Crippen LogP contribution in [-0.4, -0.2) is 20.4 Å². The van der Waals surface area contributed by atoms with Crippen molar-refractivity contribution in [2.75, 3.05) is 5.75 Å². The normalized spacial score (nSPS) is 17.0. The van der Waals surface area contributed by atoms with Crippen LogP contribution in [0.15, 0.2) is 0 Å². The molecule has 86 valence electrons. The number of hydrogen-bond acceptors (Lipinski definition) is 4. The summed E-state index contributed by atoms with van der Waals surface area (Å²) in [6.45, 7) is -0.342. The second-order valence-corrected chi connectivity index (χ2v) is 8.45. The van der Waals surface area contributed by atoms with Gasteiger partial charge in [0.05, 0.1) is 0 Å². The van der Waals surface area contributed by atoms with Crippen LogP contribution in [0.5, 0.6) is 0 Å². The topological polar surface area (TPSA) is 104 Å². The second-order valence-electron chi connectivity index (χ2n) is 3.06. The van der Waals surface area contributed by atoms with E-state index in [4.69, 9.17) is 14.7 Å². The van der Waals surface area contributed by atoms with Crippen LogP contribution in [0.4, 0.5) is 0 Å². The van der Waals surface area contributed by atoms with E-state index in [0.717, 1.165) is 0 Å². The van der Waals surface area contributed by atoms with Crippen LogP contribution < -0.4 is 0 Å². The molecule has 0 fully saturated rings. The van der Waals surface area contributed by atoms with Gasteiger partial charge in [-0.15, -0.1) is 0 Å². The van der Waals surface area contributed by atoms with Crippen molar-refractivity contribution in [1.29, 1.82) is 0 Å². The third kappa shape index (κ3) is 9.21. The zero-order chi connectivity index (χ0) is 11.4. The van der Waals surface area contributed by atoms with Crippen LogP contribution >= 0.6 is 26.0 Å². The molecule has 0 heterocycles. The summed E-state index contributed by atoms with van der Waals surface area (Å²) in [7, 11) is -4.89. The molecule has 0 saturated carbocycles. The fourth-order valence-electron chi connectivity index (χ4n) is 0.562. The SMILES string of the molecule is CC(C)CCSP(=O)(O)OP(=O)(O)O.